The second kappa shape index (κ2) is 5.91. The van der Waals surface area contributed by atoms with Crippen molar-refractivity contribution < 1.29 is 13.9 Å². The maximum absolute atomic E-state index is 13.8. The van der Waals surface area contributed by atoms with E-state index in [9.17, 15) is 9.18 Å². The number of nitrogens with two attached hydrogens (primary N) is 1. The van der Waals surface area contributed by atoms with Crippen LogP contribution in [0.5, 0.6) is 0 Å². The standard InChI is InChI=1S/C14H21FN2O2/c1-5-19-13(18)9-6-12(10(15)7-11(9)16)17-8-14(2,3)4/h6-7,17H,5,8,16H2,1-4H3. The highest BCUT2D eigenvalue weighted by atomic mass is 19.1. The van der Waals surface area contributed by atoms with Crippen LogP contribution >= 0.6 is 0 Å². The zero-order valence-electron chi connectivity index (χ0n) is 11.8. The van der Waals surface area contributed by atoms with Crippen LogP contribution in [-0.4, -0.2) is 19.1 Å². The van der Waals surface area contributed by atoms with Gasteiger partial charge in [0.15, 0.2) is 0 Å². The molecule has 1 rings (SSSR count). The summed E-state index contributed by atoms with van der Waals surface area (Å²) in [5.74, 6) is -1.02. The molecule has 19 heavy (non-hydrogen) atoms. The highest BCUT2D eigenvalue weighted by molar-refractivity contribution is 5.96. The second-order valence-electron chi connectivity index (χ2n) is 5.55. The van der Waals surface area contributed by atoms with E-state index in [2.05, 4.69) is 5.32 Å². The Labute approximate surface area is 113 Å². The molecule has 5 heteroatoms. The number of esters is 1. The van der Waals surface area contributed by atoms with Gasteiger partial charge in [0.25, 0.3) is 0 Å². The maximum atomic E-state index is 13.8. The van der Waals surface area contributed by atoms with Crippen LogP contribution in [0.25, 0.3) is 0 Å². The molecule has 0 aliphatic heterocycles. The van der Waals surface area contributed by atoms with E-state index in [0.717, 1.165) is 6.07 Å². The highest BCUT2D eigenvalue weighted by Crippen LogP contribution is 2.24. The average molecular weight is 268 g/mol. The summed E-state index contributed by atoms with van der Waals surface area (Å²) < 4.78 is 18.6. The Morgan fingerprint density at radius 1 is 1.42 bits per heavy atom. The van der Waals surface area contributed by atoms with Crippen LogP contribution in [0.15, 0.2) is 12.1 Å². The Kier molecular flexibility index (Phi) is 4.75. The molecule has 0 unspecified atom stereocenters. The third-order valence-electron chi connectivity index (χ3n) is 2.44. The number of hydrogen-bond acceptors (Lipinski definition) is 4. The van der Waals surface area contributed by atoms with Gasteiger partial charge in [-0.2, -0.15) is 0 Å². The zero-order chi connectivity index (χ0) is 14.6. The first-order valence-corrected chi connectivity index (χ1v) is 6.24. The molecule has 0 amide bonds. The third kappa shape index (κ3) is 4.43. The van der Waals surface area contributed by atoms with Gasteiger partial charge in [0.2, 0.25) is 0 Å². The molecule has 4 nitrogen and oxygen atoms in total. The molecule has 3 N–H and O–H groups in total. The highest BCUT2D eigenvalue weighted by Gasteiger charge is 2.17. The number of carbonyl (C=O) groups is 1. The van der Waals surface area contributed by atoms with Crippen molar-refractivity contribution in [2.45, 2.75) is 27.7 Å². The fourth-order valence-corrected chi connectivity index (χ4v) is 1.47. The topological polar surface area (TPSA) is 64.3 Å². The minimum Gasteiger partial charge on any atom is -0.462 e. The number of halogens is 1. The van der Waals surface area contributed by atoms with E-state index in [0.29, 0.717) is 6.54 Å². The van der Waals surface area contributed by atoms with Crippen molar-refractivity contribution in [3.63, 3.8) is 0 Å². The first kappa shape index (κ1) is 15.3. The van der Waals surface area contributed by atoms with Gasteiger partial charge in [-0.05, 0) is 24.5 Å². The summed E-state index contributed by atoms with van der Waals surface area (Å²) in [5, 5.41) is 2.98. The molecule has 0 fully saturated rings. The van der Waals surface area contributed by atoms with Gasteiger partial charge < -0.3 is 15.8 Å². The lowest BCUT2D eigenvalue weighted by molar-refractivity contribution is 0.0527. The van der Waals surface area contributed by atoms with Gasteiger partial charge >= 0.3 is 5.97 Å². The van der Waals surface area contributed by atoms with Crippen LogP contribution in [-0.2, 0) is 4.74 Å². The van der Waals surface area contributed by atoms with Gasteiger partial charge in [-0.25, -0.2) is 9.18 Å². The maximum Gasteiger partial charge on any atom is 0.340 e. The molecular formula is C14H21FN2O2. The quantitative estimate of drug-likeness (QED) is 0.650. The number of carbonyl (C=O) groups excluding carboxylic acids is 1. The first-order chi connectivity index (χ1) is 8.74. The number of rotatable bonds is 4. The molecule has 0 spiro atoms. The molecule has 0 aliphatic rings. The Morgan fingerprint density at radius 3 is 2.58 bits per heavy atom. The summed E-state index contributed by atoms with van der Waals surface area (Å²) in [6, 6.07) is 2.53. The molecule has 106 valence electrons. The number of benzene rings is 1. The van der Waals surface area contributed by atoms with Gasteiger partial charge in [-0.15, -0.1) is 0 Å². The van der Waals surface area contributed by atoms with Crippen LogP contribution in [0.3, 0.4) is 0 Å². The zero-order valence-corrected chi connectivity index (χ0v) is 11.8. The largest absolute Gasteiger partial charge is 0.462 e. The van der Waals surface area contributed by atoms with Crippen molar-refractivity contribution in [1.29, 1.82) is 0 Å². The van der Waals surface area contributed by atoms with Crippen molar-refractivity contribution in [3.8, 4) is 0 Å². The monoisotopic (exact) mass is 268 g/mol. The summed E-state index contributed by atoms with van der Waals surface area (Å²) in [5.41, 5.74) is 6.15. The molecule has 1 aromatic rings. The van der Waals surface area contributed by atoms with Crippen LogP contribution in [0.1, 0.15) is 38.1 Å². The Hall–Kier alpha value is -1.78. The normalized spacial score (nSPS) is 11.2. The average Bonchev–Trinajstić information content (AvgIpc) is 2.26. The summed E-state index contributed by atoms with van der Waals surface area (Å²) in [4.78, 5) is 11.7. The summed E-state index contributed by atoms with van der Waals surface area (Å²) in [6.45, 7) is 8.62. The molecular weight excluding hydrogens is 247 g/mol. The minimum absolute atomic E-state index is 0.00207. The third-order valence-corrected chi connectivity index (χ3v) is 2.44. The van der Waals surface area contributed by atoms with Crippen molar-refractivity contribution in [1.82, 2.24) is 0 Å². The smallest absolute Gasteiger partial charge is 0.340 e. The Morgan fingerprint density at radius 2 is 2.05 bits per heavy atom. The van der Waals surface area contributed by atoms with E-state index in [4.69, 9.17) is 10.5 Å². The number of anilines is 2. The van der Waals surface area contributed by atoms with Gasteiger partial charge in [0.05, 0.1) is 17.9 Å². The summed E-state index contributed by atoms with van der Waals surface area (Å²) >= 11 is 0. The van der Waals surface area contributed by atoms with E-state index in [1.54, 1.807) is 6.92 Å². The molecule has 0 saturated carbocycles. The lowest BCUT2D eigenvalue weighted by Gasteiger charge is -2.20. The first-order valence-electron chi connectivity index (χ1n) is 6.24. The van der Waals surface area contributed by atoms with Crippen molar-refractivity contribution in [2.75, 3.05) is 24.2 Å². The lowest BCUT2D eigenvalue weighted by atomic mass is 9.97. The van der Waals surface area contributed by atoms with Crippen molar-refractivity contribution in [3.05, 3.63) is 23.5 Å². The van der Waals surface area contributed by atoms with Crippen LogP contribution in [0.2, 0.25) is 0 Å². The van der Waals surface area contributed by atoms with Crippen LogP contribution in [0, 0.1) is 11.2 Å². The number of ether oxygens (including phenoxy) is 1. The Bertz CT molecular complexity index is 467. The number of nitrogens with one attached hydrogen (secondary N) is 1. The molecule has 0 bridgehead atoms. The summed E-state index contributed by atoms with van der Waals surface area (Å²) in [6.07, 6.45) is 0. The summed E-state index contributed by atoms with van der Waals surface area (Å²) in [7, 11) is 0. The molecule has 0 aliphatic carbocycles. The Balaban J connectivity index is 2.99. The van der Waals surface area contributed by atoms with Crippen molar-refractivity contribution in [2.24, 2.45) is 5.41 Å². The van der Waals surface area contributed by atoms with E-state index in [1.807, 2.05) is 20.8 Å². The fraction of sp³-hybridized carbons (Fsp3) is 0.500. The molecule has 0 heterocycles. The SMILES string of the molecule is CCOC(=O)c1cc(NCC(C)(C)C)c(F)cc1N. The molecule has 0 radical (unpaired) electrons. The van der Waals surface area contributed by atoms with Crippen LogP contribution in [0.4, 0.5) is 15.8 Å². The van der Waals surface area contributed by atoms with Gasteiger partial charge in [-0.3, -0.25) is 0 Å². The van der Waals surface area contributed by atoms with Gasteiger partial charge in [0.1, 0.15) is 5.82 Å². The predicted molar refractivity (Wildman–Crippen MR) is 74.7 cm³/mol. The fourth-order valence-electron chi connectivity index (χ4n) is 1.47. The minimum atomic E-state index is -0.543. The molecule has 0 saturated heterocycles. The number of nitrogen functional groups attached to an aromatic ring is 1. The number of hydrogen-bond donors (Lipinski definition) is 2. The van der Waals surface area contributed by atoms with E-state index < -0.39 is 11.8 Å². The van der Waals surface area contributed by atoms with Gasteiger partial charge in [-0.1, -0.05) is 20.8 Å². The van der Waals surface area contributed by atoms with E-state index >= 15 is 0 Å². The predicted octanol–water partition coefficient (Wildman–Crippen LogP) is 3.04. The molecule has 1 aromatic carbocycles. The van der Waals surface area contributed by atoms with E-state index in [1.165, 1.54) is 6.07 Å². The van der Waals surface area contributed by atoms with E-state index in [-0.39, 0.29) is 29.0 Å². The molecule has 0 aromatic heterocycles. The molecule has 0 atom stereocenters. The lowest BCUT2D eigenvalue weighted by Crippen LogP contribution is -2.20. The van der Waals surface area contributed by atoms with Crippen LogP contribution < -0.4 is 11.1 Å². The van der Waals surface area contributed by atoms with Gasteiger partial charge in [0, 0.05) is 12.2 Å². The van der Waals surface area contributed by atoms with Crippen molar-refractivity contribution >= 4 is 17.3 Å². The second-order valence-corrected chi connectivity index (χ2v) is 5.55.